The molecule has 4 nitrogen and oxygen atoms in total. The van der Waals surface area contributed by atoms with Crippen molar-refractivity contribution in [1.29, 1.82) is 0 Å². The second-order valence-corrected chi connectivity index (χ2v) is 4.26. The molecule has 0 aliphatic carbocycles. The van der Waals surface area contributed by atoms with Gasteiger partial charge in [-0.1, -0.05) is 12.1 Å². The molecule has 2 aromatic carbocycles. The van der Waals surface area contributed by atoms with E-state index in [0.29, 0.717) is 11.4 Å². The zero-order chi connectivity index (χ0) is 12.7. The van der Waals surface area contributed by atoms with Gasteiger partial charge in [-0.3, -0.25) is 0 Å². The predicted molar refractivity (Wildman–Crippen MR) is 69.6 cm³/mol. The summed E-state index contributed by atoms with van der Waals surface area (Å²) in [5, 5.41) is 19.4. The van der Waals surface area contributed by atoms with E-state index >= 15 is 0 Å². The maximum absolute atomic E-state index is 10.0. The number of para-hydroxylation sites is 1. The van der Waals surface area contributed by atoms with Crippen molar-refractivity contribution >= 4 is 11.0 Å². The van der Waals surface area contributed by atoms with Gasteiger partial charge in [-0.25, -0.2) is 4.98 Å². The van der Waals surface area contributed by atoms with Crippen molar-refractivity contribution in [2.75, 3.05) is 0 Å². The topological polar surface area (TPSA) is 69.1 Å². The van der Waals surface area contributed by atoms with Gasteiger partial charge in [-0.15, -0.1) is 0 Å². The second kappa shape index (κ2) is 3.77. The largest absolute Gasteiger partial charge is 0.508 e. The SMILES string of the molecule is Cc1cccc(-c2nc3ccc(O)cc3[nH]2)c1O. The zero-order valence-electron chi connectivity index (χ0n) is 9.81. The van der Waals surface area contributed by atoms with Crippen LogP contribution in [0.25, 0.3) is 22.4 Å². The molecule has 0 radical (unpaired) electrons. The molecule has 3 rings (SSSR count). The summed E-state index contributed by atoms with van der Waals surface area (Å²) in [7, 11) is 0. The van der Waals surface area contributed by atoms with Crippen molar-refractivity contribution < 1.29 is 10.2 Å². The summed E-state index contributed by atoms with van der Waals surface area (Å²) in [6.45, 7) is 1.84. The van der Waals surface area contributed by atoms with Gasteiger partial charge in [0.2, 0.25) is 0 Å². The minimum atomic E-state index is 0.186. The summed E-state index contributed by atoms with van der Waals surface area (Å²) >= 11 is 0. The van der Waals surface area contributed by atoms with Crippen LogP contribution < -0.4 is 0 Å². The highest BCUT2D eigenvalue weighted by molar-refractivity contribution is 5.82. The van der Waals surface area contributed by atoms with E-state index in [1.54, 1.807) is 24.3 Å². The molecule has 18 heavy (non-hydrogen) atoms. The van der Waals surface area contributed by atoms with Gasteiger partial charge < -0.3 is 15.2 Å². The molecule has 0 bridgehead atoms. The van der Waals surface area contributed by atoms with Crippen LogP contribution in [0.5, 0.6) is 11.5 Å². The summed E-state index contributed by atoms with van der Waals surface area (Å²) < 4.78 is 0. The van der Waals surface area contributed by atoms with E-state index < -0.39 is 0 Å². The summed E-state index contributed by atoms with van der Waals surface area (Å²) in [6.07, 6.45) is 0. The molecule has 1 heterocycles. The molecule has 0 atom stereocenters. The Morgan fingerprint density at radius 2 is 1.94 bits per heavy atom. The van der Waals surface area contributed by atoms with Crippen molar-refractivity contribution in [3.63, 3.8) is 0 Å². The van der Waals surface area contributed by atoms with Crippen LogP contribution in [0, 0.1) is 6.92 Å². The molecule has 0 aliphatic heterocycles. The molecule has 0 unspecified atom stereocenters. The Kier molecular flexibility index (Phi) is 2.23. The van der Waals surface area contributed by atoms with Gasteiger partial charge in [0.1, 0.15) is 17.3 Å². The van der Waals surface area contributed by atoms with Crippen LogP contribution in [0.3, 0.4) is 0 Å². The van der Waals surface area contributed by atoms with Gasteiger partial charge in [-0.2, -0.15) is 0 Å². The van der Waals surface area contributed by atoms with E-state index in [1.165, 1.54) is 0 Å². The molecule has 0 amide bonds. The van der Waals surface area contributed by atoms with E-state index in [9.17, 15) is 10.2 Å². The number of H-pyrrole nitrogens is 1. The quantitative estimate of drug-likeness (QED) is 0.612. The molecular formula is C14H12N2O2. The van der Waals surface area contributed by atoms with E-state index in [1.807, 2.05) is 19.1 Å². The Bertz CT molecular complexity index is 732. The Labute approximate surface area is 104 Å². The maximum Gasteiger partial charge on any atom is 0.142 e. The number of rotatable bonds is 1. The number of hydrogen-bond acceptors (Lipinski definition) is 3. The fourth-order valence-corrected chi connectivity index (χ4v) is 1.98. The molecule has 4 heteroatoms. The Balaban J connectivity index is 2.22. The number of aromatic nitrogens is 2. The van der Waals surface area contributed by atoms with Gasteiger partial charge in [0.15, 0.2) is 0 Å². The Morgan fingerprint density at radius 3 is 2.78 bits per heavy atom. The van der Waals surface area contributed by atoms with Gasteiger partial charge in [-0.05, 0) is 30.7 Å². The third-order valence-electron chi connectivity index (χ3n) is 2.96. The highest BCUT2D eigenvalue weighted by Crippen LogP contribution is 2.31. The van der Waals surface area contributed by atoms with Crippen LogP contribution in [0.1, 0.15) is 5.56 Å². The number of nitrogens with one attached hydrogen (secondary N) is 1. The molecular weight excluding hydrogens is 228 g/mol. The molecule has 0 saturated carbocycles. The molecule has 3 aromatic rings. The third-order valence-corrected chi connectivity index (χ3v) is 2.96. The average Bonchev–Trinajstić information content (AvgIpc) is 2.75. The highest BCUT2D eigenvalue weighted by Gasteiger charge is 2.10. The average molecular weight is 240 g/mol. The van der Waals surface area contributed by atoms with Crippen LogP contribution in [0.15, 0.2) is 36.4 Å². The van der Waals surface area contributed by atoms with E-state index in [2.05, 4.69) is 9.97 Å². The van der Waals surface area contributed by atoms with Gasteiger partial charge in [0, 0.05) is 6.07 Å². The van der Waals surface area contributed by atoms with Crippen LogP contribution >= 0.6 is 0 Å². The molecule has 3 N–H and O–H groups in total. The van der Waals surface area contributed by atoms with Crippen molar-refractivity contribution in [3.8, 4) is 22.9 Å². The summed E-state index contributed by atoms with van der Waals surface area (Å²) in [4.78, 5) is 7.49. The van der Waals surface area contributed by atoms with Gasteiger partial charge in [0.05, 0.1) is 16.6 Å². The highest BCUT2D eigenvalue weighted by atomic mass is 16.3. The standard InChI is InChI=1S/C14H12N2O2/c1-8-3-2-4-10(13(8)18)14-15-11-6-5-9(17)7-12(11)16-14/h2-7,17-18H,1H3,(H,15,16). The molecule has 0 fully saturated rings. The first-order valence-electron chi connectivity index (χ1n) is 5.63. The summed E-state index contributed by atoms with van der Waals surface area (Å²) in [5.74, 6) is 1.00. The summed E-state index contributed by atoms with van der Waals surface area (Å²) in [6, 6.07) is 10.4. The molecule has 0 aliphatic rings. The second-order valence-electron chi connectivity index (χ2n) is 4.26. The smallest absolute Gasteiger partial charge is 0.142 e. The fraction of sp³-hybridized carbons (Fsp3) is 0.0714. The lowest BCUT2D eigenvalue weighted by atomic mass is 10.1. The number of nitrogens with zero attached hydrogens (tertiary/aromatic N) is 1. The number of aryl methyl sites for hydroxylation is 1. The molecule has 0 saturated heterocycles. The third kappa shape index (κ3) is 1.59. The molecule has 0 spiro atoms. The fourth-order valence-electron chi connectivity index (χ4n) is 1.98. The number of imidazole rings is 1. The number of phenolic OH excluding ortho intramolecular Hbond substituents is 2. The lowest BCUT2D eigenvalue weighted by Crippen LogP contribution is -1.83. The number of benzene rings is 2. The first-order chi connectivity index (χ1) is 8.65. The summed E-state index contributed by atoms with van der Waals surface area (Å²) in [5.41, 5.74) is 2.95. The minimum Gasteiger partial charge on any atom is -0.508 e. The first-order valence-corrected chi connectivity index (χ1v) is 5.63. The predicted octanol–water partition coefficient (Wildman–Crippen LogP) is 2.95. The number of hydrogen-bond donors (Lipinski definition) is 3. The van der Waals surface area contributed by atoms with Crippen LogP contribution in [0.2, 0.25) is 0 Å². The lowest BCUT2D eigenvalue weighted by Gasteiger charge is -2.03. The lowest BCUT2D eigenvalue weighted by molar-refractivity contribution is 0.473. The number of aromatic amines is 1. The zero-order valence-corrected chi connectivity index (χ0v) is 9.81. The Morgan fingerprint density at radius 1 is 1.11 bits per heavy atom. The van der Waals surface area contributed by atoms with E-state index in [-0.39, 0.29) is 11.5 Å². The molecule has 1 aromatic heterocycles. The number of fused-ring (bicyclic) bond motifs is 1. The maximum atomic E-state index is 10.0. The van der Waals surface area contributed by atoms with Crippen molar-refractivity contribution in [3.05, 3.63) is 42.0 Å². The van der Waals surface area contributed by atoms with E-state index in [0.717, 1.165) is 16.6 Å². The number of aromatic hydroxyl groups is 2. The number of phenols is 2. The molecule has 90 valence electrons. The monoisotopic (exact) mass is 240 g/mol. The van der Waals surface area contributed by atoms with Gasteiger partial charge >= 0.3 is 0 Å². The van der Waals surface area contributed by atoms with Crippen LogP contribution in [0.4, 0.5) is 0 Å². The van der Waals surface area contributed by atoms with Crippen molar-refractivity contribution in [1.82, 2.24) is 9.97 Å². The first kappa shape index (κ1) is 10.7. The van der Waals surface area contributed by atoms with Crippen molar-refractivity contribution in [2.24, 2.45) is 0 Å². The minimum absolute atomic E-state index is 0.186. The van der Waals surface area contributed by atoms with Crippen LogP contribution in [-0.4, -0.2) is 20.2 Å². The van der Waals surface area contributed by atoms with Crippen molar-refractivity contribution in [2.45, 2.75) is 6.92 Å². The normalized spacial score (nSPS) is 10.9. The van der Waals surface area contributed by atoms with Crippen LogP contribution in [-0.2, 0) is 0 Å². The van der Waals surface area contributed by atoms with E-state index in [4.69, 9.17) is 0 Å². The van der Waals surface area contributed by atoms with Gasteiger partial charge in [0.25, 0.3) is 0 Å². The Hall–Kier alpha value is -2.49.